The third kappa shape index (κ3) is 3.42. The molecule has 2 aromatic carbocycles. The van der Waals surface area contributed by atoms with Crippen LogP contribution in [0, 0.1) is 0 Å². The van der Waals surface area contributed by atoms with Crippen LogP contribution >= 0.6 is 0 Å². The molecule has 6 heteroatoms. The fourth-order valence-electron chi connectivity index (χ4n) is 4.08. The van der Waals surface area contributed by atoms with Gasteiger partial charge in [0.15, 0.2) is 0 Å². The molecule has 0 saturated carbocycles. The Kier molecular flexibility index (Phi) is 4.94. The smallest absolute Gasteiger partial charge is 0.410 e. The second kappa shape index (κ2) is 7.54. The zero-order valence-corrected chi connectivity index (χ0v) is 16.0. The van der Waals surface area contributed by atoms with Gasteiger partial charge in [0.1, 0.15) is 17.9 Å². The van der Waals surface area contributed by atoms with Crippen molar-refractivity contribution in [3.63, 3.8) is 0 Å². The Hall–Kier alpha value is -3.02. The number of carbonyl (C=O) groups excluding carboxylic acids is 2. The van der Waals surface area contributed by atoms with Crippen molar-refractivity contribution < 1.29 is 19.1 Å². The number of ether oxygens (including phenoxy) is 2. The molecule has 2 saturated heterocycles. The van der Waals surface area contributed by atoms with Crippen molar-refractivity contribution in [3.05, 3.63) is 65.7 Å². The molecule has 0 N–H and O–H groups in total. The third-order valence-electron chi connectivity index (χ3n) is 5.39. The van der Waals surface area contributed by atoms with E-state index in [1.54, 1.807) is 17.0 Å². The summed E-state index contributed by atoms with van der Waals surface area (Å²) in [5, 5.41) is 0. The van der Waals surface area contributed by atoms with Crippen molar-refractivity contribution in [2.45, 2.75) is 18.9 Å². The number of nitrogens with zero attached hydrogens (tertiary/aromatic N) is 2. The molecule has 2 amide bonds. The van der Waals surface area contributed by atoms with E-state index in [0.717, 1.165) is 5.56 Å². The molecule has 28 heavy (non-hydrogen) atoms. The van der Waals surface area contributed by atoms with Crippen LogP contribution in [0.4, 0.5) is 4.79 Å². The maximum atomic E-state index is 13.1. The van der Waals surface area contributed by atoms with Crippen molar-refractivity contribution in [3.8, 4) is 5.75 Å². The van der Waals surface area contributed by atoms with Crippen LogP contribution in [0.15, 0.2) is 54.6 Å². The van der Waals surface area contributed by atoms with Crippen LogP contribution < -0.4 is 4.74 Å². The summed E-state index contributed by atoms with van der Waals surface area (Å²) in [6.07, 6.45) is 0.365. The second-order valence-electron chi connectivity index (χ2n) is 7.28. The van der Waals surface area contributed by atoms with Crippen LogP contribution in [0.3, 0.4) is 0 Å². The number of hydrogen-bond donors (Lipinski definition) is 0. The van der Waals surface area contributed by atoms with E-state index in [1.807, 2.05) is 54.3 Å². The Labute approximate surface area is 164 Å². The van der Waals surface area contributed by atoms with E-state index in [1.165, 1.54) is 0 Å². The fraction of sp³-hybridized carbons (Fsp3) is 0.364. The molecule has 0 bridgehead atoms. The van der Waals surface area contributed by atoms with Crippen LogP contribution in [0.25, 0.3) is 0 Å². The summed E-state index contributed by atoms with van der Waals surface area (Å²) >= 11 is 0. The van der Waals surface area contributed by atoms with Crippen molar-refractivity contribution in [2.24, 2.45) is 0 Å². The summed E-state index contributed by atoms with van der Waals surface area (Å²) in [7, 11) is 0. The standard InChI is InChI=1S/C22H24N2O4/c1-2-27-19-10-6-9-18(13-19)20(25)23-11-12-24-21(26)28-16-22(24,15-23)14-17-7-4-3-5-8-17/h3-10,13H,2,11-12,14-16H2,1H3. The third-order valence-corrected chi connectivity index (χ3v) is 5.39. The van der Waals surface area contributed by atoms with E-state index in [9.17, 15) is 9.59 Å². The first-order valence-corrected chi connectivity index (χ1v) is 9.62. The Morgan fingerprint density at radius 1 is 1.14 bits per heavy atom. The number of benzene rings is 2. The minimum absolute atomic E-state index is 0.0482. The number of carbonyl (C=O) groups is 2. The topological polar surface area (TPSA) is 59.1 Å². The van der Waals surface area contributed by atoms with Gasteiger partial charge in [-0.15, -0.1) is 0 Å². The molecule has 0 radical (unpaired) electrons. The van der Waals surface area contributed by atoms with Gasteiger partial charge in [0.2, 0.25) is 0 Å². The van der Waals surface area contributed by atoms with E-state index >= 15 is 0 Å². The maximum Gasteiger partial charge on any atom is 0.410 e. The van der Waals surface area contributed by atoms with E-state index in [2.05, 4.69) is 0 Å². The quantitative estimate of drug-likeness (QED) is 0.800. The Morgan fingerprint density at radius 2 is 1.96 bits per heavy atom. The second-order valence-corrected chi connectivity index (χ2v) is 7.28. The van der Waals surface area contributed by atoms with E-state index in [-0.39, 0.29) is 12.0 Å². The monoisotopic (exact) mass is 380 g/mol. The van der Waals surface area contributed by atoms with Gasteiger partial charge in [0.25, 0.3) is 5.91 Å². The molecule has 6 nitrogen and oxygen atoms in total. The highest BCUT2D eigenvalue weighted by molar-refractivity contribution is 5.95. The first kappa shape index (κ1) is 18.3. The highest BCUT2D eigenvalue weighted by Crippen LogP contribution is 2.33. The number of fused-ring (bicyclic) bond motifs is 1. The van der Waals surface area contributed by atoms with Gasteiger partial charge in [0.05, 0.1) is 6.61 Å². The number of rotatable bonds is 5. The number of hydrogen-bond acceptors (Lipinski definition) is 4. The highest BCUT2D eigenvalue weighted by atomic mass is 16.6. The van der Waals surface area contributed by atoms with Gasteiger partial charge < -0.3 is 14.4 Å². The molecule has 4 rings (SSSR count). The lowest BCUT2D eigenvalue weighted by molar-refractivity contribution is 0.0375. The van der Waals surface area contributed by atoms with Crippen LogP contribution in [0.5, 0.6) is 5.75 Å². The zero-order chi connectivity index (χ0) is 19.6. The van der Waals surface area contributed by atoms with Gasteiger partial charge in [-0.1, -0.05) is 36.4 Å². The molecular weight excluding hydrogens is 356 g/mol. The molecule has 2 aliphatic heterocycles. The minimum atomic E-state index is -0.524. The van der Waals surface area contributed by atoms with Gasteiger partial charge in [-0.2, -0.15) is 0 Å². The van der Waals surface area contributed by atoms with E-state index in [0.29, 0.717) is 50.6 Å². The highest BCUT2D eigenvalue weighted by Gasteiger charge is 2.51. The van der Waals surface area contributed by atoms with Gasteiger partial charge in [-0.3, -0.25) is 9.69 Å². The van der Waals surface area contributed by atoms with Crippen molar-refractivity contribution in [1.29, 1.82) is 0 Å². The lowest BCUT2D eigenvalue weighted by Crippen LogP contribution is -2.63. The number of piperazine rings is 1. The van der Waals surface area contributed by atoms with Gasteiger partial charge in [-0.05, 0) is 30.7 Å². The summed E-state index contributed by atoms with van der Waals surface area (Å²) in [5.74, 6) is 0.637. The zero-order valence-electron chi connectivity index (χ0n) is 16.0. The number of amides is 2. The van der Waals surface area contributed by atoms with Crippen LogP contribution in [-0.2, 0) is 11.2 Å². The van der Waals surface area contributed by atoms with E-state index in [4.69, 9.17) is 9.47 Å². The summed E-state index contributed by atoms with van der Waals surface area (Å²) in [6, 6.07) is 17.3. The van der Waals surface area contributed by atoms with Crippen LogP contribution in [0.1, 0.15) is 22.8 Å². The largest absolute Gasteiger partial charge is 0.494 e. The molecule has 2 aromatic rings. The lowest BCUT2D eigenvalue weighted by Gasteiger charge is -2.44. The molecule has 0 spiro atoms. The van der Waals surface area contributed by atoms with Gasteiger partial charge in [0, 0.05) is 31.6 Å². The molecule has 0 aromatic heterocycles. The van der Waals surface area contributed by atoms with Crippen molar-refractivity contribution >= 4 is 12.0 Å². The Bertz CT molecular complexity index is 870. The van der Waals surface area contributed by atoms with Crippen molar-refractivity contribution in [2.75, 3.05) is 32.8 Å². The first-order valence-electron chi connectivity index (χ1n) is 9.62. The van der Waals surface area contributed by atoms with Gasteiger partial charge >= 0.3 is 6.09 Å². The molecule has 2 heterocycles. The fourth-order valence-corrected chi connectivity index (χ4v) is 4.08. The normalized spacial score (nSPS) is 21.2. The van der Waals surface area contributed by atoms with Crippen molar-refractivity contribution in [1.82, 2.24) is 9.80 Å². The molecule has 2 fully saturated rings. The molecule has 0 aliphatic carbocycles. The van der Waals surface area contributed by atoms with Crippen LogP contribution in [0.2, 0.25) is 0 Å². The molecule has 1 unspecified atom stereocenters. The molecule has 146 valence electrons. The summed E-state index contributed by atoms with van der Waals surface area (Å²) in [5.41, 5.74) is 1.20. The Balaban J connectivity index is 1.58. The summed E-state index contributed by atoms with van der Waals surface area (Å²) in [6.45, 7) is 4.18. The minimum Gasteiger partial charge on any atom is -0.494 e. The lowest BCUT2D eigenvalue weighted by atomic mass is 9.88. The average molecular weight is 380 g/mol. The average Bonchev–Trinajstić information content (AvgIpc) is 3.04. The van der Waals surface area contributed by atoms with Gasteiger partial charge in [-0.25, -0.2) is 4.79 Å². The molecule has 1 atom stereocenters. The molecule has 2 aliphatic rings. The SMILES string of the molecule is CCOc1cccc(C(=O)N2CCN3C(=O)OCC3(Cc3ccccc3)C2)c1. The summed E-state index contributed by atoms with van der Waals surface area (Å²) in [4.78, 5) is 29.0. The number of cyclic esters (lactones) is 1. The first-order chi connectivity index (χ1) is 13.6. The maximum absolute atomic E-state index is 13.1. The van der Waals surface area contributed by atoms with E-state index < -0.39 is 5.54 Å². The Morgan fingerprint density at radius 3 is 2.75 bits per heavy atom. The predicted molar refractivity (Wildman–Crippen MR) is 104 cm³/mol. The molecular formula is C22H24N2O4. The summed E-state index contributed by atoms with van der Waals surface area (Å²) < 4.78 is 10.9. The predicted octanol–water partition coefficient (Wildman–Crippen LogP) is 2.97. The van der Waals surface area contributed by atoms with Crippen LogP contribution in [-0.4, -0.2) is 60.2 Å².